The first-order valence-corrected chi connectivity index (χ1v) is 6.73. The summed E-state index contributed by atoms with van der Waals surface area (Å²) in [6, 6.07) is 4.63. The van der Waals surface area contributed by atoms with Gasteiger partial charge in [0.1, 0.15) is 5.75 Å². The van der Waals surface area contributed by atoms with Crippen molar-refractivity contribution in [1.82, 2.24) is 0 Å². The molecule has 1 aliphatic carbocycles. The van der Waals surface area contributed by atoms with Crippen molar-refractivity contribution in [2.24, 2.45) is 5.41 Å². The highest BCUT2D eigenvalue weighted by atomic mass is 79.9. The highest BCUT2D eigenvalue weighted by Crippen LogP contribution is 2.47. The first-order chi connectivity index (χ1) is 8.60. The van der Waals surface area contributed by atoms with Crippen molar-refractivity contribution in [2.45, 2.75) is 12.8 Å². The zero-order valence-corrected chi connectivity index (χ0v) is 11.6. The van der Waals surface area contributed by atoms with E-state index in [1.54, 1.807) is 12.1 Å². The van der Waals surface area contributed by atoms with E-state index in [2.05, 4.69) is 15.9 Å². The molecule has 2 rings (SSSR count). The Balaban J connectivity index is 2.14. The van der Waals surface area contributed by atoms with Crippen molar-refractivity contribution < 1.29 is 14.4 Å². The molecule has 0 aliphatic heterocycles. The van der Waals surface area contributed by atoms with E-state index in [1.165, 1.54) is 13.2 Å². The van der Waals surface area contributed by atoms with E-state index >= 15 is 0 Å². The normalized spacial score (nSPS) is 16.1. The average molecular weight is 316 g/mol. The molecule has 0 radical (unpaired) electrons. The molecule has 1 aromatic rings. The molecule has 1 aromatic carbocycles. The van der Waals surface area contributed by atoms with Gasteiger partial charge in [-0.15, -0.1) is 0 Å². The molecular weight excluding hydrogens is 302 g/mol. The summed E-state index contributed by atoms with van der Waals surface area (Å²) in [5.74, 6) is 0.753. The summed E-state index contributed by atoms with van der Waals surface area (Å²) in [7, 11) is 1.48. The monoisotopic (exact) mass is 315 g/mol. The first-order valence-electron chi connectivity index (χ1n) is 5.61. The minimum absolute atomic E-state index is 0.0558. The van der Waals surface area contributed by atoms with E-state index in [-0.39, 0.29) is 11.1 Å². The maximum atomic E-state index is 11.0. The van der Waals surface area contributed by atoms with Gasteiger partial charge in [-0.1, -0.05) is 15.9 Å². The van der Waals surface area contributed by atoms with Crippen LogP contribution in [0.25, 0.3) is 0 Å². The zero-order valence-electron chi connectivity index (χ0n) is 10.0. The molecule has 18 heavy (non-hydrogen) atoms. The lowest BCUT2D eigenvalue weighted by Gasteiger charge is -2.13. The summed E-state index contributed by atoms with van der Waals surface area (Å²) < 4.78 is 10.6. The number of nitro benzene ring substituents is 1. The third-order valence-electron chi connectivity index (χ3n) is 3.14. The van der Waals surface area contributed by atoms with Crippen molar-refractivity contribution in [1.29, 1.82) is 0 Å². The smallest absolute Gasteiger partial charge is 0.314 e. The molecule has 1 fully saturated rings. The lowest BCUT2D eigenvalue weighted by Crippen LogP contribution is -2.14. The Morgan fingerprint density at radius 3 is 2.72 bits per heavy atom. The lowest BCUT2D eigenvalue weighted by atomic mass is 10.2. The summed E-state index contributed by atoms with van der Waals surface area (Å²) in [6.07, 6.45) is 2.20. The number of halogens is 1. The van der Waals surface area contributed by atoms with Crippen LogP contribution in [0.3, 0.4) is 0 Å². The van der Waals surface area contributed by atoms with Gasteiger partial charge < -0.3 is 9.47 Å². The molecule has 0 heterocycles. The van der Waals surface area contributed by atoms with Crippen molar-refractivity contribution >= 4 is 21.6 Å². The van der Waals surface area contributed by atoms with Gasteiger partial charge >= 0.3 is 5.69 Å². The van der Waals surface area contributed by atoms with E-state index in [9.17, 15) is 10.1 Å². The number of hydrogen-bond acceptors (Lipinski definition) is 4. The predicted octanol–water partition coefficient (Wildman–Crippen LogP) is 3.16. The Bertz CT molecular complexity index is 459. The maximum absolute atomic E-state index is 11.0. The Labute approximate surface area is 113 Å². The summed E-state index contributed by atoms with van der Waals surface area (Å²) in [4.78, 5) is 10.5. The van der Waals surface area contributed by atoms with E-state index < -0.39 is 4.92 Å². The summed E-state index contributed by atoms with van der Waals surface area (Å²) in [5, 5.41) is 11.8. The second-order valence-electron chi connectivity index (χ2n) is 4.51. The molecular formula is C12H14BrNO4. The number of benzene rings is 1. The summed E-state index contributed by atoms with van der Waals surface area (Å²) >= 11 is 3.44. The van der Waals surface area contributed by atoms with Crippen LogP contribution in [-0.4, -0.2) is 24.0 Å². The molecule has 5 nitrogen and oxygen atoms in total. The molecule has 98 valence electrons. The number of ether oxygens (including phenoxy) is 2. The summed E-state index contributed by atoms with van der Waals surface area (Å²) in [6.45, 7) is 0.505. The first kappa shape index (κ1) is 13.1. The van der Waals surface area contributed by atoms with E-state index in [1.807, 2.05) is 0 Å². The second kappa shape index (κ2) is 5.14. The van der Waals surface area contributed by atoms with Crippen LogP contribution < -0.4 is 9.47 Å². The Kier molecular flexibility index (Phi) is 3.75. The van der Waals surface area contributed by atoms with E-state index in [0.29, 0.717) is 18.1 Å². The highest BCUT2D eigenvalue weighted by molar-refractivity contribution is 9.09. The predicted molar refractivity (Wildman–Crippen MR) is 70.6 cm³/mol. The fourth-order valence-corrected chi connectivity index (χ4v) is 2.34. The maximum Gasteiger partial charge on any atom is 0.314 e. The zero-order chi connectivity index (χ0) is 13.2. The third-order valence-corrected chi connectivity index (χ3v) is 4.33. The van der Waals surface area contributed by atoms with Crippen molar-refractivity contribution in [3.8, 4) is 11.5 Å². The fourth-order valence-electron chi connectivity index (χ4n) is 1.61. The van der Waals surface area contributed by atoms with E-state index in [4.69, 9.17) is 9.47 Å². The number of nitro groups is 1. The molecule has 1 aliphatic rings. The van der Waals surface area contributed by atoms with Crippen molar-refractivity contribution in [2.75, 3.05) is 19.0 Å². The highest BCUT2D eigenvalue weighted by Gasteiger charge is 2.42. The molecule has 6 heteroatoms. The molecule has 0 N–H and O–H groups in total. The number of alkyl halides is 1. The number of rotatable bonds is 6. The van der Waals surface area contributed by atoms with Crippen LogP contribution >= 0.6 is 15.9 Å². The Hall–Kier alpha value is -1.30. The molecule has 0 amide bonds. The van der Waals surface area contributed by atoms with E-state index in [0.717, 1.165) is 18.2 Å². The fraction of sp³-hybridized carbons (Fsp3) is 0.500. The quantitative estimate of drug-likeness (QED) is 0.459. The number of methoxy groups -OCH3 is 1. The van der Waals surface area contributed by atoms with Gasteiger partial charge in [-0.2, -0.15) is 0 Å². The summed E-state index contributed by atoms with van der Waals surface area (Å²) in [5.41, 5.74) is 0.105. The number of hydrogen-bond donors (Lipinski definition) is 0. The van der Waals surface area contributed by atoms with Gasteiger partial charge in [0.15, 0.2) is 5.75 Å². The van der Waals surface area contributed by atoms with Crippen LogP contribution in [0.15, 0.2) is 18.2 Å². The molecule has 1 saturated carbocycles. The van der Waals surface area contributed by atoms with Gasteiger partial charge in [0, 0.05) is 10.7 Å². The van der Waals surface area contributed by atoms with Crippen LogP contribution in [0.1, 0.15) is 12.8 Å². The SMILES string of the molecule is COc1ccc(OCC2(CBr)CC2)c([N+](=O)[O-])c1. The van der Waals surface area contributed by atoms with Crippen LogP contribution in [0.2, 0.25) is 0 Å². The minimum Gasteiger partial charge on any atom is -0.496 e. The molecule has 0 unspecified atom stereocenters. The van der Waals surface area contributed by atoms with Crippen molar-refractivity contribution in [3.05, 3.63) is 28.3 Å². The molecule has 0 atom stereocenters. The van der Waals surface area contributed by atoms with Crippen LogP contribution in [0.5, 0.6) is 11.5 Å². The molecule has 0 saturated heterocycles. The largest absolute Gasteiger partial charge is 0.496 e. The topological polar surface area (TPSA) is 61.6 Å². The van der Waals surface area contributed by atoms with Crippen LogP contribution in [0.4, 0.5) is 5.69 Å². The minimum atomic E-state index is -0.453. The van der Waals surface area contributed by atoms with Gasteiger partial charge in [-0.3, -0.25) is 10.1 Å². The Morgan fingerprint density at radius 1 is 1.50 bits per heavy atom. The lowest BCUT2D eigenvalue weighted by molar-refractivity contribution is -0.386. The molecule has 0 aromatic heterocycles. The van der Waals surface area contributed by atoms with Gasteiger partial charge in [0.05, 0.1) is 24.7 Å². The molecule has 0 bridgehead atoms. The van der Waals surface area contributed by atoms with Crippen LogP contribution in [0, 0.1) is 15.5 Å². The average Bonchev–Trinajstić information content (AvgIpc) is 3.16. The number of nitrogens with zero attached hydrogens (tertiary/aromatic N) is 1. The van der Waals surface area contributed by atoms with Gasteiger partial charge in [0.25, 0.3) is 0 Å². The van der Waals surface area contributed by atoms with Gasteiger partial charge in [-0.05, 0) is 25.0 Å². The van der Waals surface area contributed by atoms with Gasteiger partial charge in [-0.25, -0.2) is 0 Å². The second-order valence-corrected chi connectivity index (χ2v) is 5.07. The van der Waals surface area contributed by atoms with Gasteiger partial charge in [0.2, 0.25) is 0 Å². The Morgan fingerprint density at radius 2 is 2.22 bits per heavy atom. The van der Waals surface area contributed by atoms with Crippen LogP contribution in [-0.2, 0) is 0 Å². The van der Waals surface area contributed by atoms with Crippen molar-refractivity contribution in [3.63, 3.8) is 0 Å². The molecule has 0 spiro atoms. The standard InChI is InChI=1S/C12H14BrNO4/c1-17-9-2-3-11(10(6-9)14(15)16)18-8-12(7-13)4-5-12/h2-3,6H,4-5,7-8H2,1H3. The third kappa shape index (κ3) is 2.75.